The molecule has 0 saturated carbocycles. The van der Waals surface area contributed by atoms with Crippen LogP contribution >= 0.6 is 0 Å². The molecule has 5 aromatic rings. The topological polar surface area (TPSA) is 37.0 Å². The molecule has 2 aliphatic rings. The van der Waals surface area contributed by atoms with Crippen molar-refractivity contribution in [2.75, 3.05) is 0 Å². The van der Waals surface area contributed by atoms with Gasteiger partial charge in [-0.25, -0.2) is 0 Å². The number of pyridine rings is 1. The van der Waals surface area contributed by atoms with Crippen LogP contribution in [-0.4, -0.2) is 11.0 Å². The van der Waals surface area contributed by atoms with Crippen molar-refractivity contribution in [3.63, 3.8) is 0 Å². The first-order chi connectivity index (χ1) is 19.8. The maximum Gasteiger partial charge on any atom is 0.0848 e. The second-order valence-electron chi connectivity index (χ2n) is 10.9. The van der Waals surface area contributed by atoms with Crippen LogP contribution in [0.4, 0.5) is 0 Å². The average Bonchev–Trinajstić information content (AvgIpc) is 3.05. The second-order valence-corrected chi connectivity index (χ2v) is 10.9. The first-order valence-corrected chi connectivity index (χ1v) is 14.3. The first kappa shape index (κ1) is 24.7. The van der Waals surface area contributed by atoms with Crippen molar-refractivity contribution in [2.24, 2.45) is 5.92 Å². The summed E-state index contributed by atoms with van der Waals surface area (Å²) in [6, 6.07) is 39.8. The quantitative estimate of drug-likeness (QED) is 0.245. The molecule has 3 nitrogen and oxygen atoms in total. The molecule has 2 N–H and O–H groups in total. The van der Waals surface area contributed by atoms with Gasteiger partial charge in [0.05, 0.1) is 6.17 Å². The van der Waals surface area contributed by atoms with Crippen LogP contribution in [0.15, 0.2) is 140 Å². The van der Waals surface area contributed by atoms with Gasteiger partial charge in [0, 0.05) is 24.5 Å². The van der Waals surface area contributed by atoms with E-state index in [9.17, 15) is 0 Å². The maximum atomic E-state index is 4.36. The fraction of sp³-hybridized carbons (Fsp3) is 0.162. The number of rotatable bonds is 5. The first-order valence-electron chi connectivity index (χ1n) is 14.3. The van der Waals surface area contributed by atoms with Gasteiger partial charge in [0.2, 0.25) is 0 Å². The van der Waals surface area contributed by atoms with Crippen LogP contribution in [0.25, 0.3) is 27.5 Å². The molecule has 1 aliphatic heterocycles. The Bertz CT molecular complexity index is 1670. The maximum absolute atomic E-state index is 4.36. The Morgan fingerprint density at radius 3 is 2.40 bits per heavy atom. The van der Waals surface area contributed by atoms with Crippen molar-refractivity contribution in [3.05, 3.63) is 157 Å². The summed E-state index contributed by atoms with van der Waals surface area (Å²) in [4.78, 5) is 4.36. The van der Waals surface area contributed by atoms with Crippen LogP contribution in [0.5, 0.6) is 0 Å². The highest BCUT2D eigenvalue weighted by atomic mass is 15.2. The van der Waals surface area contributed by atoms with E-state index < -0.39 is 0 Å². The third kappa shape index (κ3) is 5.02. The Morgan fingerprint density at radius 1 is 0.700 bits per heavy atom. The van der Waals surface area contributed by atoms with E-state index in [1.165, 1.54) is 44.2 Å². The van der Waals surface area contributed by atoms with Gasteiger partial charge in [-0.15, -0.1) is 0 Å². The lowest BCUT2D eigenvalue weighted by Crippen LogP contribution is -2.51. The zero-order chi connectivity index (χ0) is 26.7. The number of fused-ring (bicyclic) bond motifs is 1. The van der Waals surface area contributed by atoms with Crippen LogP contribution in [0.3, 0.4) is 0 Å². The average molecular weight is 520 g/mol. The van der Waals surface area contributed by atoms with Crippen LogP contribution < -0.4 is 10.6 Å². The number of hydrogen-bond donors (Lipinski definition) is 2. The van der Waals surface area contributed by atoms with Gasteiger partial charge >= 0.3 is 0 Å². The number of aromatic nitrogens is 1. The number of nitrogens with zero attached hydrogens (tertiary/aromatic N) is 1. The molecule has 0 radical (unpaired) electrons. The van der Waals surface area contributed by atoms with Crippen molar-refractivity contribution < 1.29 is 0 Å². The minimum absolute atomic E-state index is 0.0383. The molecule has 0 amide bonds. The zero-order valence-corrected chi connectivity index (χ0v) is 22.4. The Kier molecular flexibility index (Phi) is 6.83. The SMILES string of the molecule is C1=CC(c2cccnc2)=CC(C2CC(c3cccc(-c4ccccc4)c3)NC(c3cccc4ccccc34)N2)C1. The van der Waals surface area contributed by atoms with Crippen molar-refractivity contribution in [3.8, 4) is 11.1 Å². The molecule has 196 valence electrons. The summed E-state index contributed by atoms with van der Waals surface area (Å²) in [5.41, 5.74) is 7.58. The monoisotopic (exact) mass is 519 g/mol. The molecular weight excluding hydrogens is 486 g/mol. The number of nitrogens with one attached hydrogen (secondary N) is 2. The number of hydrogen-bond acceptors (Lipinski definition) is 3. The zero-order valence-electron chi connectivity index (χ0n) is 22.4. The van der Waals surface area contributed by atoms with E-state index >= 15 is 0 Å². The van der Waals surface area contributed by atoms with E-state index in [0.29, 0.717) is 12.0 Å². The van der Waals surface area contributed by atoms with Crippen molar-refractivity contribution >= 4 is 16.3 Å². The molecule has 0 spiro atoms. The van der Waals surface area contributed by atoms with E-state index in [1.54, 1.807) is 0 Å². The molecule has 4 unspecified atom stereocenters. The van der Waals surface area contributed by atoms with Gasteiger partial charge in [-0.3, -0.25) is 15.6 Å². The molecule has 40 heavy (non-hydrogen) atoms. The van der Waals surface area contributed by atoms with E-state index in [4.69, 9.17) is 0 Å². The van der Waals surface area contributed by atoms with E-state index in [2.05, 4.69) is 137 Å². The van der Waals surface area contributed by atoms with Crippen molar-refractivity contribution in [2.45, 2.75) is 31.1 Å². The third-order valence-corrected chi connectivity index (χ3v) is 8.38. The van der Waals surface area contributed by atoms with Gasteiger partial charge in [-0.2, -0.15) is 0 Å². The minimum Gasteiger partial charge on any atom is -0.295 e. The predicted molar refractivity (Wildman–Crippen MR) is 165 cm³/mol. The fourth-order valence-electron chi connectivity index (χ4n) is 6.34. The third-order valence-electron chi connectivity index (χ3n) is 8.38. The summed E-state index contributed by atoms with van der Waals surface area (Å²) in [6.07, 6.45) is 12.9. The molecule has 1 saturated heterocycles. The Labute approximate surface area is 236 Å². The Balaban J connectivity index is 1.26. The van der Waals surface area contributed by atoms with Gasteiger partial charge in [-0.05, 0) is 75.1 Å². The smallest absolute Gasteiger partial charge is 0.0848 e. The molecule has 1 aromatic heterocycles. The lowest BCUT2D eigenvalue weighted by atomic mass is 9.81. The van der Waals surface area contributed by atoms with Gasteiger partial charge < -0.3 is 0 Å². The lowest BCUT2D eigenvalue weighted by Gasteiger charge is -2.41. The van der Waals surface area contributed by atoms with Crippen LogP contribution in [0.1, 0.15) is 41.7 Å². The van der Waals surface area contributed by atoms with Gasteiger partial charge in [0.15, 0.2) is 0 Å². The fourth-order valence-corrected chi connectivity index (χ4v) is 6.34. The molecule has 4 aromatic carbocycles. The highest BCUT2D eigenvalue weighted by Gasteiger charge is 2.34. The molecule has 7 rings (SSSR count). The molecule has 2 heterocycles. The van der Waals surface area contributed by atoms with Gasteiger partial charge in [0.1, 0.15) is 0 Å². The van der Waals surface area contributed by atoms with Crippen LogP contribution in [0, 0.1) is 5.92 Å². The number of benzene rings is 4. The molecule has 1 aliphatic carbocycles. The predicted octanol–water partition coefficient (Wildman–Crippen LogP) is 8.25. The van der Waals surface area contributed by atoms with E-state index in [1.807, 2.05) is 18.5 Å². The largest absolute Gasteiger partial charge is 0.295 e. The molecule has 1 fully saturated rings. The molecule has 4 atom stereocenters. The van der Waals surface area contributed by atoms with Gasteiger partial charge in [-0.1, -0.05) is 115 Å². The van der Waals surface area contributed by atoms with Crippen LogP contribution in [-0.2, 0) is 0 Å². The summed E-state index contributed by atoms with van der Waals surface area (Å²) in [6.45, 7) is 0. The minimum atomic E-state index is 0.0383. The second kappa shape index (κ2) is 11.1. The summed E-state index contributed by atoms with van der Waals surface area (Å²) < 4.78 is 0. The molecule has 3 heteroatoms. The highest BCUT2D eigenvalue weighted by molar-refractivity contribution is 5.86. The van der Waals surface area contributed by atoms with Crippen molar-refractivity contribution in [1.82, 2.24) is 15.6 Å². The van der Waals surface area contributed by atoms with Crippen LogP contribution in [0.2, 0.25) is 0 Å². The van der Waals surface area contributed by atoms with Crippen molar-refractivity contribution in [1.29, 1.82) is 0 Å². The summed E-state index contributed by atoms with van der Waals surface area (Å²) >= 11 is 0. The normalized spacial score (nSPS) is 22.6. The van der Waals surface area contributed by atoms with E-state index in [0.717, 1.165) is 12.8 Å². The summed E-state index contributed by atoms with van der Waals surface area (Å²) in [7, 11) is 0. The standard InChI is InChI=1S/C37H33N3/c1-2-10-26(11-3-1)28-14-6-16-30(22-28)35-24-36(31-17-7-15-29(23-31)32-18-9-21-38-25-32)40-37(39-35)34-20-8-13-27-12-4-5-19-33(27)34/h1-16,18-23,25,31,35-37,39-40H,17,24H2. The summed E-state index contributed by atoms with van der Waals surface area (Å²) in [5.74, 6) is 0.389. The Morgan fingerprint density at radius 2 is 1.50 bits per heavy atom. The highest BCUT2D eigenvalue weighted by Crippen LogP contribution is 2.37. The Hall–Kier alpha value is -4.31. The van der Waals surface area contributed by atoms with Gasteiger partial charge in [0.25, 0.3) is 0 Å². The number of allylic oxidation sites excluding steroid dienone is 3. The molecule has 0 bridgehead atoms. The molecular formula is C37H33N3. The summed E-state index contributed by atoms with van der Waals surface area (Å²) in [5, 5.41) is 10.6. The lowest BCUT2D eigenvalue weighted by molar-refractivity contribution is 0.213. The van der Waals surface area contributed by atoms with E-state index in [-0.39, 0.29) is 12.2 Å².